The van der Waals surface area contributed by atoms with Gasteiger partial charge in [-0.1, -0.05) is 13.8 Å². The zero-order chi connectivity index (χ0) is 17.1. The highest BCUT2D eigenvalue weighted by Gasteiger charge is 2.33. The van der Waals surface area contributed by atoms with Crippen molar-refractivity contribution >= 4 is 17.3 Å². The summed E-state index contributed by atoms with van der Waals surface area (Å²) in [6.45, 7) is 3.53. The monoisotopic (exact) mass is 320 g/mol. The fraction of sp³-hybridized carbons (Fsp3) is 0.462. The Morgan fingerprint density at radius 3 is 2.41 bits per heavy atom. The van der Waals surface area contributed by atoms with Crippen LogP contribution in [0, 0.1) is 16.0 Å². The van der Waals surface area contributed by atoms with Crippen LogP contribution in [0.2, 0.25) is 0 Å². The highest BCUT2D eigenvalue weighted by molar-refractivity contribution is 5.79. The molecule has 0 saturated carbocycles. The molecule has 0 aromatic heterocycles. The summed E-state index contributed by atoms with van der Waals surface area (Å²) in [6, 6.07) is 0.799. The van der Waals surface area contributed by atoms with Gasteiger partial charge in [0, 0.05) is 6.07 Å². The number of hydrogen-bond acceptors (Lipinski definition) is 4. The Hall–Kier alpha value is -2.32. The topological polar surface area (TPSA) is 92.5 Å². The Morgan fingerprint density at radius 1 is 1.41 bits per heavy atom. The number of benzene rings is 1. The normalized spacial score (nSPS) is 13.0. The molecule has 1 atom stereocenters. The number of nitro groups is 1. The van der Waals surface area contributed by atoms with E-state index in [1.54, 1.807) is 13.8 Å². The number of halogens is 3. The van der Waals surface area contributed by atoms with Crippen LogP contribution in [0.4, 0.5) is 24.5 Å². The maximum atomic E-state index is 12.6. The number of rotatable bonds is 6. The second-order valence-electron chi connectivity index (χ2n) is 5.15. The Labute approximate surface area is 124 Å². The van der Waals surface area contributed by atoms with Crippen LogP contribution in [0.5, 0.6) is 0 Å². The van der Waals surface area contributed by atoms with Crippen molar-refractivity contribution in [3.63, 3.8) is 0 Å². The van der Waals surface area contributed by atoms with E-state index in [2.05, 4.69) is 5.32 Å². The van der Waals surface area contributed by atoms with Crippen LogP contribution in [0.25, 0.3) is 0 Å². The Balaban J connectivity index is 3.18. The van der Waals surface area contributed by atoms with E-state index in [4.69, 9.17) is 5.11 Å². The minimum Gasteiger partial charge on any atom is -0.480 e. The number of nitrogens with zero attached hydrogens (tertiary/aromatic N) is 1. The van der Waals surface area contributed by atoms with E-state index in [9.17, 15) is 28.1 Å². The maximum absolute atomic E-state index is 12.6. The SMILES string of the molecule is CC(C)C[C@@H](Nc1ccc(C(F)(F)F)cc1[N+](=O)[O-])C(=O)O. The first-order valence-electron chi connectivity index (χ1n) is 6.37. The molecular formula is C13H15F3N2O4. The van der Waals surface area contributed by atoms with Crippen LogP contribution in [0.3, 0.4) is 0 Å². The fourth-order valence-electron chi connectivity index (χ4n) is 1.86. The second kappa shape index (κ2) is 6.63. The molecule has 0 aliphatic carbocycles. The summed E-state index contributed by atoms with van der Waals surface area (Å²) in [5, 5.41) is 22.4. The summed E-state index contributed by atoms with van der Waals surface area (Å²) in [6.07, 6.45) is -4.54. The number of carboxylic acid groups (broad SMARTS) is 1. The van der Waals surface area contributed by atoms with E-state index in [-0.39, 0.29) is 18.0 Å². The summed E-state index contributed by atoms with van der Waals surface area (Å²) in [5.41, 5.74) is -2.24. The molecule has 6 nitrogen and oxygen atoms in total. The number of carbonyl (C=O) groups is 1. The molecule has 1 rings (SSSR count). The Kier molecular flexibility index (Phi) is 5.34. The third kappa shape index (κ3) is 4.61. The van der Waals surface area contributed by atoms with E-state index in [1.165, 1.54) is 0 Å². The van der Waals surface area contributed by atoms with E-state index < -0.39 is 34.4 Å². The van der Waals surface area contributed by atoms with Gasteiger partial charge in [0.25, 0.3) is 5.69 Å². The number of nitro benzene ring substituents is 1. The highest BCUT2D eigenvalue weighted by Crippen LogP contribution is 2.35. The molecular weight excluding hydrogens is 305 g/mol. The molecule has 9 heteroatoms. The molecule has 1 aromatic carbocycles. The van der Waals surface area contributed by atoms with Crippen molar-refractivity contribution in [2.24, 2.45) is 5.92 Å². The molecule has 0 unspecified atom stereocenters. The first-order valence-corrected chi connectivity index (χ1v) is 6.37. The predicted molar refractivity (Wildman–Crippen MR) is 72.6 cm³/mol. The van der Waals surface area contributed by atoms with Gasteiger partial charge in [0.2, 0.25) is 0 Å². The van der Waals surface area contributed by atoms with Gasteiger partial charge in [0.15, 0.2) is 0 Å². The van der Waals surface area contributed by atoms with E-state index in [0.29, 0.717) is 12.1 Å². The first kappa shape index (κ1) is 17.7. The summed E-state index contributed by atoms with van der Waals surface area (Å²) in [7, 11) is 0. The Bertz CT molecular complexity index is 573. The Morgan fingerprint density at radius 2 is 2.00 bits per heavy atom. The average molecular weight is 320 g/mol. The second-order valence-corrected chi connectivity index (χ2v) is 5.15. The van der Waals surface area contributed by atoms with Gasteiger partial charge in [-0.15, -0.1) is 0 Å². The number of carboxylic acids is 1. The molecule has 22 heavy (non-hydrogen) atoms. The number of anilines is 1. The zero-order valence-corrected chi connectivity index (χ0v) is 11.8. The van der Waals surface area contributed by atoms with Crippen molar-refractivity contribution in [3.8, 4) is 0 Å². The predicted octanol–water partition coefficient (Wildman–Crippen LogP) is 3.52. The van der Waals surface area contributed by atoms with Gasteiger partial charge in [-0.2, -0.15) is 13.2 Å². The van der Waals surface area contributed by atoms with Gasteiger partial charge < -0.3 is 10.4 Å². The molecule has 0 aliphatic rings. The number of alkyl halides is 3. The standard InChI is InChI=1S/C13H15F3N2O4/c1-7(2)5-10(12(19)20)17-9-4-3-8(13(14,15)16)6-11(9)18(21)22/h3-4,6-7,10,17H,5H2,1-2H3,(H,19,20)/t10-/m1/s1. The third-order valence-corrected chi connectivity index (χ3v) is 2.86. The maximum Gasteiger partial charge on any atom is 0.416 e. The van der Waals surface area contributed by atoms with Crippen LogP contribution in [0.1, 0.15) is 25.8 Å². The summed E-state index contributed by atoms with van der Waals surface area (Å²) in [5.74, 6) is -1.25. The lowest BCUT2D eigenvalue weighted by Gasteiger charge is -2.18. The summed E-state index contributed by atoms with van der Waals surface area (Å²) in [4.78, 5) is 21.1. The van der Waals surface area contributed by atoms with E-state index in [1.807, 2.05) is 0 Å². The van der Waals surface area contributed by atoms with Gasteiger partial charge in [-0.25, -0.2) is 4.79 Å². The largest absolute Gasteiger partial charge is 0.480 e. The van der Waals surface area contributed by atoms with Gasteiger partial charge in [-0.05, 0) is 24.5 Å². The van der Waals surface area contributed by atoms with Crippen LogP contribution in [0.15, 0.2) is 18.2 Å². The summed E-state index contributed by atoms with van der Waals surface area (Å²) >= 11 is 0. The molecule has 0 bridgehead atoms. The highest BCUT2D eigenvalue weighted by atomic mass is 19.4. The summed E-state index contributed by atoms with van der Waals surface area (Å²) < 4.78 is 37.8. The molecule has 0 radical (unpaired) electrons. The van der Waals surface area contributed by atoms with Crippen molar-refractivity contribution < 1.29 is 28.0 Å². The van der Waals surface area contributed by atoms with Gasteiger partial charge in [0.05, 0.1) is 10.5 Å². The van der Waals surface area contributed by atoms with E-state index in [0.717, 1.165) is 6.07 Å². The lowest BCUT2D eigenvalue weighted by Crippen LogP contribution is -2.31. The molecule has 122 valence electrons. The minimum atomic E-state index is -4.71. The van der Waals surface area contributed by atoms with Crippen molar-refractivity contribution in [2.75, 3.05) is 5.32 Å². The molecule has 0 saturated heterocycles. The van der Waals surface area contributed by atoms with Crippen molar-refractivity contribution in [2.45, 2.75) is 32.5 Å². The van der Waals surface area contributed by atoms with Crippen LogP contribution >= 0.6 is 0 Å². The lowest BCUT2D eigenvalue weighted by atomic mass is 10.0. The zero-order valence-electron chi connectivity index (χ0n) is 11.8. The van der Waals surface area contributed by atoms with Crippen LogP contribution < -0.4 is 5.32 Å². The molecule has 0 amide bonds. The van der Waals surface area contributed by atoms with Gasteiger partial charge >= 0.3 is 12.1 Å². The van der Waals surface area contributed by atoms with Gasteiger partial charge in [-0.3, -0.25) is 10.1 Å². The molecule has 0 heterocycles. The molecule has 2 N–H and O–H groups in total. The van der Waals surface area contributed by atoms with Crippen molar-refractivity contribution in [3.05, 3.63) is 33.9 Å². The van der Waals surface area contributed by atoms with Gasteiger partial charge in [0.1, 0.15) is 11.7 Å². The third-order valence-electron chi connectivity index (χ3n) is 2.86. The fourth-order valence-corrected chi connectivity index (χ4v) is 1.86. The average Bonchev–Trinajstić information content (AvgIpc) is 2.36. The lowest BCUT2D eigenvalue weighted by molar-refractivity contribution is -0.384. The van der Waals surface area contributed by atoms with Crippen LogP contribution in [-0.2, 0) is 11.0 Å². The number of hydrogen-bond donors (Lipinski definition) is 2. The molecule has 1 aromatic rings. The molecule has 0 fully saturated rings. The van der Waals surface area contributed by atoms with Crippen molar-refractivity contribution in [1.29, 1.82) is 0 Å². The molecule has 0 spiro atoms. The molecule has 0 aliphatic heterocycles. The minimum absolute atomic E-state index is 0.0119. The smallest absolute Gasteiger partial charge is 0.416 e. The van der Waals surface area contributed by atoms with Crippen molar-refractivity contribution in [1.82, 2.24) is 0 Å². The number of nitrogens with one attached hydrogen (secondary N) is 1. The van der Waals surface area contributed by atoms with Crippen LogP contribution in [-0.4, -0.2) is 22.0 Å². The quantitative estimate of drug-likeness (QED) is 0.618. The number of aliphatic carboxylic acids is 1. The first-order chi connectivity index (χ1) is 10.0. The van der Waals surface area contributed by atoms with E-state index >= 15 is 0 Å².